The molecule has 108 valence electrons. The maximum Gasteiger partial charge on any atom is 0.130 e. The molecule has 0 bridgehead atoms. The number of ether oxygens (including phenoxy) is 2. The van der Waals surface area contributed by atoms with E-state index in [9.17, 15) is 0 Å². The van der Waals surface area contributed by atoms with Gasteiger partial charge in [0.15, 0.2) is 0 Å². The van der Waals surface area contributed by atoms with E-state index in [1.54, 1.807) is 0 Å². The Hall–Kier alpha value is -1.70. The molecule has 0 radical (unpaired) electrons. The molecule has 0 amide bonds. The van der Waals surface area contributed by atoms with Gasteiger partial charge in [0.05, 0.1) is 18.6 Å². The number of hydrogen-bond acceptors (Lipinski definition) is 2. The van der Waals surface area contributed by atoms with E-state index in [1.165, 1.54) is 5.39 Å². The van der Waals surface area contributed by atoms with Crippen LogP contribution in [-0.4, -0.2) is 13.2 Å². The van der Waals surface area contributed by atoms with Gasteiger partial charge < -0.3 is 9.47 Å². The molecule has 0 saturated carbocycles. The third kappa shape index (κ3) is 3.66. The minimum absolute atomic E-state index is 0.763. The van der Waals surface area contributed by atoms with E-state index in [4.69, 9.17) is 9.47 Å². The molecule has 2 aromatic rings. The van der Waals surface area contributed by atoms with Gasteiger partial charge in [-0.05, 0) is 30.4 Å². The van der Waals surface area contributed by atoms with Crippen LogP contribution in [0.3, 0.4) is 0 Å². The second-order valence-electron chi connectivity index (χ2n) is 5.01. The molecular weight excluding hydrogens is 248 g/mol. The van der Waals surface area contributed by atoms with Gasteiger partial charge in [0, 0.05) is 0 Å². The second kappa shape index (κ2) is 7.78. The van der Waals surface area contributed by atoms with Gasteiger partial charge in [-0.25, -0.2) is 0 Å². The molecule has 0 unspecified atom stereocenters. The number of benzene rings is 2. The van der Waals surface area contributed by atoms with Crippen LogP contribution in [0.5, 0.6) is 11.5 Å². The maximum atomic E-state index is 5.93. The molecule has 0 fully saturated rings. The van der Waals surface area contributed by atoms with E-state index < -0.39 is 0 Å². The van der Waals surface area contributed by atoms with Crippen LogP contribution in [0, 0.1) is 0 Å². The molecular formula is C18H24O2. The largest absolute Gasteiger partial charge is 0.493 e. The van der Waals surface area contributed by atoms with Crippen LogP contribution in [0.25, 0.3) is 10.8 Å². The third-order valence-corrected chi connectivity index (χ3v) is 3.34. The van der Waals surface area contributed by atoms with E-state index in [2.05, 4.69) is 26.0 Å². The monoisotopic (exact) mass is 272 g/mol. The van der Waals surface area contributed by atoms with Crippen LogP contribution in [0.15, 0.2) is 36.4 Å². The molecule has 0 aliphatic carbocycles. The van der Waals surface area contributed by atoms with Crippen LogP contribution in [0.1, 0.15) is 39.5 Å². The number of unbranched alkanes of at least 4 members (excludes halogenated alkanes) is 2. The number of hydrogen-bond donors (Lipinski definition) is 0. The summed E-state index contributed by atoms with van der Waals surface area (Å²) in [6.07, 6.45) is 4.44. The Morgan fingerprint density at radius 1 is 0.750 bits per heavy atom. The van der Waals surface area contributed by atoms with Crippen molar-refractivity contribution in [3.63, 3.8) is 0 Å². The lowest BCUT2D eigenvalue weighted by molar-refractivity contribution is 0.302. The zero-order valence-corrected chi connectivity index (χ0v) is 12.5. The zero-order chi connectivity index (χ0) is 14.2. The zero-order valence-electron chi connectivity index (χ0n) is 12.5. The predicted molar refractivity (Wildman–Crippen MR) is 84.8 cm³/mol. The molecule has 0 spiro atoms. The van der Waals surface area contributed by atoms with Gasteiger partial charge >= 0.3 is 0 Å². The Morgan fingerprint density at radius 3 is 1.70 bits per heavy atom. The Balaban J connectivity index is 2.26. The Morgan fingerprint density at radius 2 is 1.25 bits per heavy atom. The summed E-state index contributed by atoms with van der Waals surface area (Å²) in [6.45, 7) is 5.87. The summed E-state index contributed by atoms with van der Waals surface area (Å²) < 4.78 is 11.9. The van der Waals surface area contributed by atoms with Gasteiger partial charge in [0.25, 0.3) is 0 Å². The molecule has 2 rings (SSSR count). The van der Waals surface area contributed by atoms with E-state index in [-0.39, 0.29) is 0 Å². The van der Waals surface area contributed by atoms with E-state index in [0.717, 1.165) is 55.8 Å². The molecule has 0 aliphatic heterocycles. The highest BCUT2D eigenvalue weighted by Crippen LogP contribution is 2.34. The average molecular weight is 272 g/mol. The topological polar surface area (TPSA) is 18.5 Å². The van der Waals surface area contributed by atoms with Crippen LogP contribution >= 0.6 is 0 Å². The summed E-state index contributed by atoms with van der Waals surface area (Å²) in [6, 6.07) is 12.4. The molecule has 0 aliphatic rings. The fourth-order valence-electron chi connectivity index (χ4n) is 2.17. The molecule has 0 aromatic heterocycles. The molecule has 0 atom stereocenters. The van der Waals surface area contributed by atoms with E-state index in [1.807, 2.05) is 24.3 Å². The molecule has 2 heteroatoms. The van der Waals surface area contributed by atoms with Crippen molar-refractivity contribution in [3.8, 4) is 11.5 Å². The normalized spacial score (nSPS) is 10.7. The van der Waals surface area contributed by atoms with Crippen molar-refractivity contribution >= 4 is 10.8 Å². The van der Waals surface area contributed by atoms with Crippen molar-refractivity contribution in [2.75, 3.05) is 13.2 Å². The smallest absolute Gasteiger partial charge is 0.130 e. The highest BCUT2D eigenvalue weighted by atomic mass is 16.5. The summed E-state index contributed by atoms with van der Waals surface area (Å²) in [5.74, 6) is 1.87. The summed E-state index contributed by atoms with van der Waals surface area (Å²) in [4.78, 5) is 0. The summed E-state index contributed by atoms with van der Waals surface area (Å²) in [5.41, 5.74) is 0. The van der Waals surface area contributed by atoms with Gasteiger partial charge in [0.1, 0.15) is 11.5 Å². The van der Waals surface area contributed by atoms with Crippen molar-refractivity contribution in [3.05, 3.63) is 36.4 Å². The fourth-order valence-corrected chi connectivity index (χ4v) is 2.17. The lowest BCUT2D eigenvalue weighted by Crippen LogP contribution is -2.00. The first-order chi connectivity index (χ1) is 9.86. The van der Waals surface area contributed by atoms with Crippen LogP contribution < -0.4 is 9.47 Å². The Labute approximate surface area is 121 Å². The second-order valence-corrected chi connectivity index (χ2v) is 5.01. The van der Waals surface area contributed by atoms with Crippen molar-refractivity contribution in [1.29, 1.82) is 0 Å². The molecule has 0 saturated heterocycles. The van der Waals surface area contributed by atoms with Crippen LogP contribution in [0.2, 0.25) is 0 Å². The summed E-state index contributed by atoms with van der Waals surface area (Å²) in [5, 5.41) is 2.27. The Kier molecular flexibility index (Phi) is 5.72. The average Bonchev–Trinajstić information content (AvgIpc) is 2.48. The van der Waals surface area contributed by atoms with Gasteiger partial charge in [-0.1, -0.05) is 51.0 Å². The third-order valence-electron chi connectivity index (χ3n) is 3.34. The highest BCUT2D eigenvalue weighted by Gasteiger charge is 2.08. The maximum absolute atomic E-state index is 5.93. The quantitative estimate of drug-likeness (QED) is 0.615. The van der Waals surface area contributed by atoms with E-state index >= 15 is 0 Å². The van der Waals surface area contributed by atoms with Gasteiger partial charge in [-0.15, -0.1) is 0 Å². The van der Waals surface area contributed by atoms with Gasteiger partial charge in [-0.3, -0.25) is 0 Å². The minimum Gasteiger partial charge on any atom is -0.493 e. The van der Waals surface area contributed by atoms with Crippen molar-refractivity contribution in [2.24, 2.45) is 0 Å². The molecule has 0 N–H and O–H groups in total. The first-order valence-corrected chi connectivity index (χ1v) is 7.64. The first-order valence-electron chi connectivity index (χ1n) is 7.64. The first kappa shape index (κ1) is 14.7. The SMILES string of the molecule is CCCCOc1cccc2cccc(OCCCC)c12. The lowest BCUT2D eigenvalue weighted by Gasteiger charge is -2.13. The highest BCUT2D eigenvalue weighted by molar-refractivity contribution is 5.93. The lowest BCUT2D eigenvalue weighted by atomic mass is 10.1. The van der Waals surface area contributed by atoms with Crippen molar-refractivity contribution < 1.29 is 9.47 Å². The van der Waals surface area contributed by atoms with E-state index in [0.29, 0.717) is 0 Å². The van der Waals surface area contributed by atoms with Crippen molar-refractivity contribution in [1.82, 2.24) is 0 Å². The fraction of sp³-hybridized carbons (Fsp3) is 0.444. The van der Waals surface area contributed by atoms with Crippen LogP contribution in [-0.2, 0) is 0 Å². The van der Waals surface area contributed by atoms with Crippen LogP contribution in [0.4, 0.5) is 0 Å². The summed E-state index contributed by atoms with van der Waals surface area (Å²) >= 11 is 0. The number of fused-ring (bicyclic) bond motifs is 1. The Bertz CT molecular complexity index is 489. The van der Waals surface area contributed by atoms with Crippen molar-refractivity contribution in [2.45, 2.75) is 39.5 Å². The molecule has 0 heterocycles. The van der Waals surface area contributed by atoms with Gasteiger partial charge in [-0.2, -0.15) is 0 Å². The number of rotatable bonds is 8. The molecule has 20 heavy (non-hydrogen) atoms. The molecule has 2 nitrogen and oxygen atoms in total. The summed E-state index contributed by atoms with van der Waals surface area (Å²) in [7, 11) is 0. The van der Waals surface area contributed by atoms with Gasteiger partial charge in [0.2, 0.25) is 0 Å². The minimum atomic E-state index is 0.763. The molecule has 2 aromatic carbocycles. The predicted octanol–water partition coefficient (Wildman–Crippen LogP) is 5.20. The standard InChI is InChI=1S/C18H24O2/c1-3-5-13-19-16-11-7-9-15-10-8-12-17(18(15)16)20-14-6-4-2/h7-12H,3-6,13-14H2,1-2H3.